The molecule has 1 heterocycles. The van der Waals surface area contributed by atoms with Crippen molar-refractivity contribution in [1.82, 2.24) is 0 Å². The van der Waals surface area contributed by atoms with Gasteiger partial charge in [-0.05, 0) is 17.2 Å². The minimum atomic E-state index is -4.52. The number of halogens is 4. The summed E-state index contributed by atoms with van der Waals surface area (Å²) in [4.78, 5) is 11.0. The second-order valence-electron chi connectivity index (χ2n) is 4.02. The number of benzene rings is 1. The Morgan fingerprint density at radius 2 is 2.00 bits per heavy atom. The Kier molecular flexibility index (Phi) is 3.02. The molecule has 0 bridgehead atoms. The Morgan fingerprint density at radius 3 is 2.61 bits per heavy atom. The zero-order valence-corrected chi connectivity index (χ0v) is 8.96. The smallest absolute Gasteiger partial charge is 0.336 e. The molecule has 1 aliphatic heterocycles. The molecule has 0 saturated heterocycles. The number of nitrogens with one attached hydrogen (secondary N) is 1. The van der Waals surface area contributed by atoms with Gasteiger partial charge in [0.25, 0.3) is 0 Å². The Bertz CT molecular complexity index is 490. The van der Waals surface area contributed by atoms with Crippen LogP contribution >= 0.6 is 0 Å². The number of carbonyl (C=O) groups excluding carboxylic acids is 1. The van der Waals surface area contributed by atoms with Crippen molar-refractivity contribution in [2.45, 2.75) is 24.9 Å². The summed E-state index contributed by atoms with van der Waals surface area (Å²) >= 11 is 0. The molecule has 0 saturated carbocycles. The van der Waals surface area contributed by atoms with Crippen molar-refractivity contribution in [2.75, 3.05) is 5.32 Å². The van der Waals surface area contributed by atoms with Crippen LogP contribution in [0.4, 0.5) is 23.2 Å². The molecule has 1 aromatic carbocycles. The fourth-order valence-electron chi connectivity index (χ4n) is 1.76. The molecule has 0 fully saturated rings. The van der Waals surface area contributed by atoms with Crippen LogP contribution in [0.1, 0.15) is 17.2 Å². The lowest BCUT2D eigenvalue weighted by Crippen LogP contribution is -2.34. The number of alkyl halides is 4. The van der Waals surface area contributed by atoms with E-state index in [0.29, 0.717) is 11.3 Å². The van der Waals surface area contributed by atoms with Crippen LogP contribution in [0.2, 0.25) is 0 Å². The molecule has 1 aliphatic rings. The average molecular weight is 263 g/mol. The molecule has 2 rings (SSSR count). The molecule has 0 aromatic heterocycles. The van der Waals surface area contributed by atoms with Crippen LogP contribution in [0.3, 0.4) is 0 Å². The maximum atomic E-state index is 13.0. The monoisotopic (exact) mass is 263 g/mol. The summed E-state index contributed by atoms with van der Waals surface area (Å²) in [7, 11) is 0. The van der Waals surface area contributed by atoms with E-state index in [1.807, 2.05) is 0 Å². The third-order valence-corrected chi connectivity index (χ3v) is 2.73. The number of amides is 1. The number of aliphatic hydroxyl groups is 1. The topological polar surface area (TPSA) is 49.3 Å². The largest absolute Gasteiger partial charge is 0.382 e. The zero-order chi connectivity index (χ0) is 13.5. The van der Waals surface area contributed by atoms with Crippen LogP contribution in [-0.4, -0.2) is 23.4 Å². The summed E-state index contributed by atoms with van der Waals surface area (Å²) in [6, 6.07) is 3.53. The van der Waals surface area contributed by atoms with Crippen molar-refractivity contribution in [3.63, 3.8) is 0 Å². The maximum absolute atomic E-state index is 13.0. The van der Waals surface area contributed by atoms with Gasteiger partial charge in [-0.2, -0.15) is 8.78 Å². The number of hydrogen-bond acceptors (Lipinski definition) is 2. The van der Waals surface area contributed by atoms with E-state index in [0.717, 1.165) is 12.1 Å². The maximum Gasteiger partial charge on any atom is 0.336 e. The van der Waals surface area contributed by atoms with E-state index in [1.54, 1.807) is 0 Å². The highest BCUT2D eigenvalue weighted by atomic mass is 19.3. The molecule has 18 heavy (non-hydrogen) atoms. The zero-order valence-electron chi connectivity index (χ0n) is 8.96. The van der Waals surface area contributed by atoms with Crippen LogP contribution < -0.4 is 5.32 Å². The fraction of sp³-hybridized carbons (Fsp3) is 0.364. The number of rotatable bonds is 3. The van der Waals surface area contributed by atoms with Crippen molar-refractivity contribution in [2.24, 2.45) is 0 Å². The average Bonchev–Trinajstić information content (AvgIpc) is 2.66. The summed E-state index contributed by atoms with van der Waals surface area (Å²) in [5.74, 6) is -4.83. The van der Waals surface area contributed by atoms with Gasteiger partial charge in [-0.25, -0.2) is 8.78 Å². The van der Waals surface area contributed by atoms with Gasteiger partial charge in [-0.15, -0.1) is 0 Å². The first kappa shape index (κ1) is 12.8. The molecule has 0 spiro atoms. The Morgan fingerprint density at radius 1 is 1.33 bits per heavy atom. The third kappa shape index (κ3) is 2.05. The van der Waals surface area contributed by atoms with E-state index in [2.05, 4.69) is 5.32 Å². The van der Waals surface area contributed by atoms with Gasteiger partial charge >= 0.3 is 12.3 Å². The molecule has 3 nitrogen and oxygen atoms in total. The number of carbonyl (C=O) groups is 1. The summed E-state index contributed by atoms with van der Waals surface area (Å²) in [5, 5.41) is 11.7. The molecule has 1 unspecified atom stereocenters. The van der Waals surface area contributed by atoms with Crippen LogP contribution in [0, 0.1) is 0 Å². The predicted octanol–water partition coefficient (Wildman–Crippen LogP) is 2.11. The molecule has 1 amide bonds. The quantitative estimate of drug-likeness (QED) is 0.820. The molecule has 1 aromatic rings. The van der Waals surface area contributed by atoms with Crippen molar-refractivity contribution in [1.29, 1.82) is 0 Å². The lowest BCUT2D eigenvalue weighted by molar-refractivity contribution is -0.193. The summed E-state index contributed by atoms with van der Waals surface area (Å²) < 4.78 is 50.2. The molecular weight excluding hydrogens is 254 g/mol. The Labute approximate surface area is 99.4 Å². The molecule has 2 N–H and O–H groups in total. The highest BCUT2D eigenvalue weighted by Gasteiger charge is 2.48. The van der Waals surface area contributed by atoms with Crippen LogP contribution in [0.5, 0.6) is 0 Å². The number of hydrogen-bond donors (Lipinski definition) is 2. The summed E-state index contributed by atoms with van der Waals surface area (Å²) in [6.07, 6.45) is -6.57. The Hall–Kier alpha value is -1.63. The van der Waals surface area contributed by atoms with Crippen molar-refractivity contribution >= 4 is 11.6 Å². The Balaban J connectivity index is 2.31. The lowest BCUT2D eigenvalue weighted by Gasteiger charge is -2.22. The van der Waals surface area contributed by atoms with Gasteiger partial charge in [0.2, 0.25) is 5.91 Å². The highest BCUT2D eigenvalue weighted by molar-refractivity contribution is 5.99. The van der Waals surface area contributed by atoms with Crippen LogP contribution in [-0.2, 0) is 11.2 Å². The summed E-state index contributed by atoms with van der Waals surface area (Å²) in [5.41, 5.74) is 0.508. The van der Waals surface area contributed by atoms with E-state index in [1.165, 1.54) is 6.07 Å². The van der Waals surface area contributed by atoms with Gasteiger partial charge in [-0.3, -0.25) is 4.79 Å². The molecule has 0 aliphatic carbocycles. The van der Waals surface area contributed by atoms with E-state index in [-0.39, 0.29) is 17.9 Å². The normalized spacial score (nSPS) is 16.7. The van der Waals surface area contributed by atoms with Crippen molar-refractivity contribution in [3.8, 4) is 0 Å². The summed E-state index contributed by atoms with van der Waals surface area (Å²) in [6.45, 7) is 0. The lowest BCUT2D eigenvalue weighted by atomic mass is 10.0. The van der Waals surface area contributed by atoms with Gasteiger partial charge in [0.15, 0.2) is 0 Å². The fourth-order valence-corrected chi connectivity index (χ4v) is 1.76. The number of aliphatic hydroxyl groups excluding tert-OH is 1. The van der Waals surface area contributed by atoms with Gasteiger partial charge in [0.1, 0.15) is 6.10 Å². The SMILES string of the molecule is O=C1Cc2cc(C(O)C(F)(F)C(F)F)ccc2N1. The molecule has 98 valence electrons. The van der Waals surface area contributed by atoms with Gasteiger partial charge in [-0.1, -0.05) is 12.1 Å². The van der Waals surface area contributed by atoms with Gasteiger partial charge < -0.3 is 10.4 Å². The number of anilines is 1. The molecule has 7 heteroatoms. The number of fused-ring (bicyclic) bond motifs is 1. The van der Waals surface area contributed by atoms with E-state index < -0.39 is 18.5 Å². The third-order valence-electron chi connectivity index (χ3n) is 2.73. The minimum Gasteiger partial charge on any atom is -0.382 e. The van der Waals surface area contributed by atoms with E-state index in [4.69, 9.17) is 0 Å². The van der Waals surface area contributed by atoms with Gasteiger partial charge in [0.05, 0.1) is 6.42 Å². The molecule has 0 radical (unpaired) electrons. The second kappa shape index (κ2) is 4.24. The first-order chi connectivity index (χ1) is 8.32. The predicted molar refractivity (Wildman–Crippen MR) is 54.7 cm³/mol. The van der Waals surface area contributed by atoms with Crippen LogP contribution in [0.15, 0.2) is 18.2 Å². The van der Waals surface area contributed by atoms with Crippen molar-refractivity contribution < 1.29 is 27.5 Å². The van der Waals surface area contributed by atoms with Gasteiger partial charge in [0, 0.05) is 5.69 Å². The first-order valence-corrected chi connectivity index (χ1v) is 5.09. The van der Waals surface area contributed by atoms with Crippen LogP contribution in [0.25, 0.3) is 0 Å². The van der Waals surface area contributed by atoms with Crippen molar-refractivity contribution in [3.05, 3.63) is 29.3 Å². The minimum absolute atomic E-state index is 0.0177. The molecule has 1 atom stereocenters. The first-order valence-electron chi connectivity index (χ1n) is 5.09. The van der Waals surface area contributed by atoms with E-state index in [9.17, 15) is 27.5 Å². The molecular formula is C11H9F4NO2. The second-order valence-corrected chi connectivity index (χ2v) is 4.02. The highest BCUT2D eigenvalue weighted by Crippen LogP contribution is 2.38. The standard InChI is InChI=1S/C11H9F4NO2/c12-10(13)11(14,15)9(18)5-1-2-7-6(3-5)4-8(17)16-7/h1-3,9-10,18H,4H2,(H,16,17). The van der Waals surface area contributed by atoms with E-state index >= 15 is 0 Å².